The molecular formula is C21H22Cl2FN3O2S. The van der Waals surface area contributed by atoms with Gasteiger partial charge in [0.25, 0.3) is 5.91 Å². The summed E-state index contributed by atoms with van der Waals surface area (Å²) in [5, 5.41) is 1.13. The molecule has 4 rings (SSSR count). The number of hydrogen-bond acceptors (Lipinski definition) is 5. The zero-order valence-corrected chi connectivity index (χ0v) is 18.6. The van der Waals surface area contributed by atoms with Gasteiger partial charge in [0.15, 0.2) is 5.13 Å². The lowest BCUT2D eigenvalue weighted by atomic mass is 10.2. The molecule has 0 N–H and O–H groups in total. The minimum atomic E-state index is -0.434. The smallest absolute Gasteiger partial charge is 0.260 e. The van der Waals surface area contributed by atoms with Crippen LogP contribution in [0.25, 0.3) is 10.2 Å². The molecule has 3 aromatic rings. The summed E-state index contributed by atoms with van der Waals surface area (Å²) in [6.45, 7) is 4.62. The van der Waals surface area contributed by atoms with Gasteiger partial charge >= 0.3 is 0 Å². The summed E-state index contributed by atoms with van der Waals surface area (Å²) >= 11 is 7.69. The summed E-state index contributed by atoms with van der Waals surface area (Å²) in [5.74, 6) is -0.696. The van der Waals surface area contributed by atoms with Crippen LogP contribution in [0.2, 0.25) is 5.02 Å². The molecule has 1 amide bonds. The molecule has 0 aliphatic carbocycles. The van der Waals surface area contributed by atoms with Crippen LogP contribution in [0.1, 0.15) is 16.8 Å². The van der Waals surface area contributed by atoms with Crippen molar-refractivity contribution in [2.75, 3.05) is 44.3 Å². The fraction of sp³-hybridized carbons (Fsp3) is 0.333. The number of halogens is 3. The van der Waals surface area contributed by atoms with E-state index in [0.29, 0.717) is 27.8 Å². The minimum absolute atomic E-state index is 0. The van der Waals surface area contributed by atoms with Gasteiger partial charge in [0.1, 0.15) is 11.3 Å². The highest BCUT2D eigenvalue weighted by Crippen LogP contribution is 2.33. The third-order valence-corrected chi connectivity index (χ3v) is 6.21. The Bertz CT molecular complexity index is 1010. The van der Waals surface area contributed by atoms with Crippen LogP contribution in [-0.4, -0.2) is 55.2 Å². The molecule has 30 heavy (non-hydrogen) atoms. The Hall–Kier alpha value is -1.77. The Morgan fingerprint density at radius 1 is 1.23 bits per heavy atom. The van der Waals surface area contributed by atoms with Gasteiger partial charge in [-0.25, -0.2) is 9.37 Å². The van der Waals surface area contributed by atoms with E-state index in [1.165, 1.54) is 23.5 Å². The maximum atomic E-state index is 13.7. The van der Waals surface area contributed by atoms with Gasteiger partial charge in [-0.1, -0.05) is 35.1 Å². The highest BCUT2D eigenvalue weighted by molar-refractivity contribution is 7.22. The number of fused-ring (bicyclic) bond motifs is 1. The van der Waals surface area contributed by atoms with Crippen LogP contribution in [0.5, 0.6) is 0 Å². The van der Waals surface area contributed by atoms with Gasteiger partial charge in [0.05, 0.1) is 22.9 Å². The number of rotatable bonds is 6. The molecule has 1 aromatic heterocycles. The topological polar surface area (TPSA) is 45.7 Å². The molecule has 9 heteroatoms. The lowest BCUT2D eigenvalue weighted by Crippen LogP contribution is -2.39. The van der Waals surface area contributed by atoms with Crippen molar-refractivity contribution in [2.45, 2.75) is 6.42 Å². The van der Waals surface area contributed by atoms with E-state index in [-0.39, 0.29) is 18.3 Å². The van der Waals surface area contributed by atoms with Gasteiger partial charge in [-0.2, -0.15) is 0 Å². The quantitative estimate of drug-likeness (QED) is 0.515. The van der Waals surface area contributed by atoms with Crippen LogP contribution >= 0.6 is 35.3 Å². The average Bonchev–Trinajstić information content (AvgIpc) is 3.17. The van der Waals surface area contributed by atoms with E-state index < -0.39 is 5.82 Å². The summed E-state index contributed by atoms with van der Waals surface area (Å²) in [7, 11) is 0. The molecule has 1 fully saturated rings. The first kappa shape index (κ1) is 22.9. The Morgan fingerprint density at radius 2 is 2.00 bits per heavy atom. The second-order valence-corrected chi connectivity index (χ2v) is 8.27. The van der Waals surface area contributed by atoms with Crippen molar-refractivity contribution in [1.82, 2.24) is 9.88 Å². The molecular weight excluding hydrogens is 448 g/mol. The van der Waals surface area contributed by atoms with E-state index in [0.717, 1.165) is 44.0 Å². The number of carbonyl (C=O) groups is 1. The number of benzene rings is 2. The van der Waals surface area contributed by atoms with Gasteiger partial charge in [0.2, 0.25) is 0 Å². The molecule has 2 aromatic carbocycles. The Kier molecular flexibility index (Phi) is 8.02. The zero-order valence-electron chi connectivity index (χ0n) is 16.2. The fourth-order valence-corrected chi connectivity index (χ4v) is 4.65. The van der Waals surface area contributed by atoms with Gasteiger partial charge in [0, 0.05) is 31.7 Å². The minimum Gasteiger partial charge on any atom is -0.379 e. The van der Waals surface area contributed by atoms with E-state index >= 15 is 0 Å². The summed E-state index contributed by atoms with van der Waals surface area (Å²) < 4.78 is 20.0. The number of hydrogen-bond donors (Lipinski definition) is 0. The van der Waals surface area contributed by atoms with Crippen LogP contribution in [-0.2, 0) is 4.74 Å². The predicted molar refractivity (Wildman–Crippen MR) is 122 cm³/mol. The standard InChI is InChI=1S/C21H21ClFN3O2S.ClH/c22-17-6-2-7-18-19(17)24-21(29-18)26(9-3-8-25-10-12-28-13-11-25)20(27)15-4-1-5-16(23)14-15;/h1-2,4-7,14H,3,8-13H2;1H. The summed E-state index contributed by atoms with van der Waals surface area (Å²) in [5.41, 5.74) is 0.987. The molecule has 1 aliphatic rings. The second-order valence-electron chi connectivity index (χ2n) is 6.86. The van der Waals surface area contributed by atoms with Crippen molar-refractivity contribution in [2.24, 2.45) is 0 Å². The van der Waals surface area contributed by atoms with Crippen molar-refractivity contribution in [3.05, 3.63) is 58.9 Å². The van der Waals surface area contributed by atoms with E-state index in [4.69, 9.17) is 16.3 Å². The Morgan fingerprint density at radius 3 is 2.73 bits per heavy atom. The third-order valence-electron chi connectivity index (χ3n) is 4.87. The molecule has 2 heterocycles. The maximum Gasteiger partial charge on any atom is 0.260 e. The normalized spacial score (nSPS) is 14.5. The number of nitrogens with zero attached hydrogens (tertiary/aromatic N) is 3. The number of para-hydroxylation sites is 1. The van der Waals surface area contributed by atoms with Crippen LogP contribution in [0.3, 0.4) is 0 Å². The maximum absolute atomic E-state index is 13.7. The van der Waals surface area contributed by atoms with E-state index in [2.05, 4.69) is 9.88 Å². The lowest BCUT2D eigenvalue weighted by Gasteiger charge is -2.27. The molecule has 1 aliphatic heterocycles. The first-order valence-corrected chi connectivity index (χ1v) is 10.7. The molecule has 5 nitrogen and oxygen atoms in total. The molecule has 0 radical (unpaired) electrons. The lowest BCUT2D eigenvalue weighted by molar-refractivity contribution is 0.0376. The number of morpholine rings is 1. The van der Waals surface area contributed by atoms with E-state index in [1.807, 2.05) is 12.1 Å². The molecule has 0 unspecified atom stereocenters. The van der Waals surface area contributed by atoms with Crippen LogP contribution in [0.15, 0.2) is 42.5 Å². The highest BCUT2D eigenvalue weighted by Gasteiger charge is 2.22. The monoisotopic (exact) mass is 469 g/mol. The van der Waals surface area contributed by atoms with Gasteiger partial charge < -0.3 is 4.74 Å². The van der Waals surface area contributed by atoms with Gasteiger partial charge in [-0.15, -0.1) is 12.4 Å². The van der Waals surface area contributed by atoms with Crippen molar-refractivity contribution in [3.63, 3.8) is 0 Å². The molecule has 0 atom stereocenters. The summed E-state index contributed by atoms with van der Waals surface area (Å²) in [6.07, 6.45) is 0.782. The van der Waals surface area contributed by atoms with Gasteiger partial charge in [-0.3, -0.25) is 14.6 Å². The number of aromatic nitrogens is 1. The van der Waals surface area contributed by atoms with Crippen LogP contribution in [0, 0.1) is 5.82 Å². The Labute approximate surface area is 189 Å². The van der Waals surface area contributed by atoms with Crippen molar-refractivity contribution >= 4 is 56.6 Å². The molecule has 1 saturated heterocycles. The van der Waals surface area contributed by atoms with Crippen molar-refractivity contribution in [1.29, 1.82) is 0 Å². The molecule has 0 bridgehead atoms. The molecule has 160 valence electrons. The largest absolute Gasteiger partial charge is 0.379 e. The van der Waals surface area contributed by atoms with Crippen molar-refractivity contribution in [3.8, 4) is 0 Å². The number of ether oxygens (including phenoxy) is 1. The highest BCUT2D eigenvalue weighted by atomic mass is 35.5. The second kappa shape index (κ2) is 10.5. The average molecular weight is 470 g/mol. The first-order chi connectivity index (χ1) is 14.1. The first-order valence-electron chi connectivity index (χ1n) is 9.54. The summed E-state index contributed by atoms with van der Waals surface area (Å²) in [4.78, 5) is 21.8. The predicted octanol–water partition coefficient (Wildman–Crippen LogP) is 4.88. The third kappa shape index (κ3) is 5.28. The SMILES string of the molecule is Cl.O=C(c1cccc(F)c1)N(CCCN1CCOCC1)c1nc2c(Cl)cccc2s1. The fourth-order valence-electron chi connectivity index (χ4n) is 3.36. The Balaban J connectivity index is 0.00000256. The van der Waals surface area contributed by atoms with Crippen LogP contribution < -0.4 is 4.90 Å². The molecule has 0 spiro atoms. The van der Waals surface area contributed by atoms with Crippen LogP contribution in [0.4, 0.5) is 9.52 Å². The van der Waals surface area contributed by atoms with E-state index in [9.17, 15) is 9.18 Å². The zero-order chi connectivity index (χ0) is 20.2. The van der Waals surface area contributed by atoms with E-state index in [1.54, 1.807) is 23.1 Å². The number of amides is 1. The summed E-state index contributed by atoms with van der Waals surface area (Å²) in [6, 6.07) is 11.3. The number of anilines is 1. The van der Waals surface area contributed by atoms with Crippen molar-refractivity contribution < 1.29 is 13.9 Å². The van der Waals surface area contributed by atoms with Gasteiger partial charge in [-0.05, 0) is 36.8 Å². The number of thiazole rings is 1. The number of carbonyl (C=O) groups excluding carboxylic acids is 1. The molecule has 0 saturated carbocycles.